The molecule has 1 aromatic heterocycles. The van der Waals surface area contributed by atoms with E-state index < -0.39 is 10.0 Å². The van der Waals surface area contributed by atoms with Gasteiger partial charge in [0, 0.05) is 13.1 Å². The number of aromatic nitrogens is 2. The topological polar surface area (TPSA) is 121 Å². The maximum absolute atomic E-state index is 11.8. The number of imidazole rings is 1. The standard InChI is InChI=1S/C9H12N4O3S/c10-3-4-11-17(15,16)6-1-2-7-8(5-6)13-9(14)12-7/h1-2,5,11H,3-4,10H2,(H2,12,13,14). The molecular formula is C9H12N4O3S. The summed E-state index contributed by atoms with van der Waals surface area (Å²) in [5.74, 6) is 0. The highest BCUT2D eigenvalue weighted by Crippen LogP contribution is 2.14. The van der Waals surface area contributed by atoms with Crippen molar-refractivity contribution in [2.75, 3.05) is 13.1 Å². The lowest BCUT2D eigenvalue weighted by molar-refractivity contribution is 0.582. The molecule has 17 heavy (non-hydrogen) atoms. The molecule has 2 rings (SSSR count). The number of H-pyrrole nitrogens is 2. The maximum Gasteiger partial charge on any atom is 0.323 e. The molecule has 0 fully saturated rings. The van der Waals surface area contributed by atoms with Crippen LogP contribution in [0.3, 0.4) is 0 Å². The van der Waals surface area contributed by atoms with Gasteiger partial charge in [-0.15, -0.1) is 0 Å². The summed E-state index contributed by atoms with van der Waals surface area (Å²) < 4.78 is 25.9. The van der Waals surface area contributed by atoms with Gasteiger partial charge in [-0.2, -0.15) is 0 Å². The fourth-order valence-electron chi connectivity index (χ4n) is 1.46. The number of hydrogen-bond acceptors (Lipinski definition) is 4. The molecule has 8 heteroatoms. The molecule has 0 radical (unpaired) electrons. The molecule has 0 unspecified atom stereocenters. The molecule has 1 heterocycles. The van der Waals surface area contributed by atoms with E-state index in [0.29, 0.717) is 11.0 Å². The predicted molar refractivity (Wildman–Crippen MR) is 63.2 cm³/mol. The first-order valence-electron chi connectivity index (χ1n) is 4.95. The molecular weight excluding hydrogens is 244 g/mol. The number of fused-ring (bicyclic) bond motifs is 1. The average Bonchev–Trinajstić information content (AvgIpc) is 2.65. The van der Waals surface area contributed by atoms with Crippen molar-refractivity contribution in [2.24, 2.45) is 5.73 Å². The van der Waals surface area contributed by atoms with Crippen LogP contribution < -0.4 is 16.1 Å². The molecule has 0 spiro atoms. The molecule has 0 bridgehead atoms. The Bertz CT molecular complexity index is 686. The second kappa shape index (κ2) is 4.32. The minimum atomic E-state index is -3.57. The van der Waals surface area contributed by atoms with Crippen LogP contribution in [0.1, 0.15) is 0 Å². The zero-order chi connectivity index (χ0) is 12.5. The Hall–Kier alpha value is -1.64. The summed E-state index contributed by atoms with van der Waals surface area (Å²) in [7, 11) is -3.57. The van der Waals surface area contributed by atoms with E-state index in [1.54, 1.807) is 0 Å². The van der Waals surface area contributed by atoms with E-state index in [2.05, 4.69) is 14.7 Å². The molecule has 0 amide bonds. The number of rotatable bonds is 4. The van der Waals surface area contributed by atoms with Crippen molar-refractivity contribution in [1.29, 1.82) is 0 Å². The predicted octanol–water partition coefficient (Wildman–Crippen LogP) is -0.907. The van der Waals surface area contributed by atoms with E-state index in [1.165, 1.54) is 18.2 Å². The second-order valence-electron chi connectivity index (χ2n) is 3.47. The van der Waals surface area contributed by atoms with Crippen LogP contribution in [0.25, 0.3) is 11.0 Å². The van der Waals surface area contributed by atoms with Gasteiger partial charge in [-0.3, -0.25) is 0 Å². The summed E-state index contributed by atoms with van der Waals surface area (Å²) in [4.78, 5) is 16.2. The van der Waals surface area contributed by atoms with Crippen LogP contribution in [0.15, 0.2) is 27.9 Å². The SMILES string of the molecule is NCCNS(=O)(=O)c1ccc2[nH]c(=O)[nH]c2c1. The molecule has 0 atom stereocenters. The molecule has 0 aliphatic heterocycles. The fourth-order valence-corrected chi connectivity index (χ4v) is 2.53. The second-order valence-corrected chi connectivity index (χ2v) is 5.24. The van der Waals surface area contributed by atoms with E-state index >= 15 is 0 Å². The Balaban J connectivity index is 2.45. The van der Waals surface area contributed by atoms with E-state index in [4.69, 9.17) is 5.73 Å². The quantitative estimate of drug-likeness (QED) is 0.566. The molecule has 7 nitrogen and oxygen atoms in total. The van der Waals surface area contributed by atoms with Gasteiger partial charge in [0.1, 0.15) is 0 Å². The van der Waals surface area contributed by atoms with Gasteiger partial charge in [0.15, 0.2) is 0 Å². The number of benzene rings is 1. The van der Waals surface area contributed by atoms with Crippen LogP contribution >= 0.6 is 0 Å². The summed E-state index contributed by atoms with van der Waals surface area (Å²) in [5.41, 5.74) is 5.87. The molecule has 5 N–H and O–H groups in total. The molecule has 2 aromatic rings. The van der Waals surface area contributed by atoms with Crippen LogP contribution in [-0.4, -0.2) is 31.5 Å². The molecule has 1 aromatic carbocycles. The van der Waals surface area contributed by atoms with Gasteiger partial charge < -0.3 is 15.7 Å². The molecule has 0 aliphatic rings. The zero-order valence-corrected chi connectivity index (χ0v) is 9.67. The Kier molecular flexibility index (Phi) is 3.01. The number of sulfonamides is 1. The van der Waals surface area contributed by atoms with E-state index in [-0.39, 0.29) is 23.7 Å². The van der Waals surface area contributed by atoms with Crippen molar-refractivity contribution in [2.45, 2.75) is 4.90 Å². The normalized spacial score (nSPS) is 12.1. The Morgan fingerprint density at radius 1 is 1.24 bits per heavy atom. The van der Waals surface area contributed by atoms with Gasteiger partial charge >= 0.3 is 5.69 Å². The summed E-state index contributed by atoms with van der Waals surface area (Å²) in [6.45, 7) is 0.395. The number of nitrogens with two attached hydrogens (primary N) is 1. The Labute approximate surface area is 97.1 Å². The zero-order valence-electron chi connectivity index (χ0n) is 8.86. The Morgan fingerprint density at radius 3 is 2.65 bits per heavy atom. The summed E-state index contributed by atoms with van der Waals surface area (Å²) in [6, 6.07) is 4.35. The van der Waals surface area contributed by atoms with E-state index in [1.807, 2.05) is 0 Å². The summed E-state index contributed by atoms with van der Waals surface area (Å²) in [5, 5.41) is 0. The monoisotopic (exact) mass is 256 g/mol. The third-order valence-corrected chi connectivity index (χ3v) is 3.69. The van der Waals surface area contributed by atoms with Crippen LogP contribution in [0.4, 0.5) is 0 Å². The Morgan fingerprint density at radius 2 is 1.94 bits per heavy atom. The number of hydrogen-bond donors (Lipinski definition) is 4. The van der Waals surface area contributed by atoms with Gasteiger partial charge in [-0.25, -0.2) is 17.9 Å². The van der Waals surface area contributed by atoms with Gasteiger partial charge in [0.25, 0.3) is 0 Å². The number of aromatic amines is 2. The molecule has 0 saturated carbocycles. The first-order chi connectivity index (χ1) is 8.03. The van der Waals surface area contributed by atoms with Crippen molar-refractivity contribution in [3.8, 4) is 0 Å². The van der Waals surface area contributed by atoms with Crippen LogP contribution in [-0.2, 0) is 10.0 Å². The largest absolute Gasteiger partial charge is 0.329 e. The van der Waals surface area contributed by atoms with Crippen LogP contribution in [0.5, 0.6) is 0 Å². The van der Waals surface area contributed by atoms with Gasteiger partial charge in [-0.1, -0.05) is 0 Å². The molecule has 92 valence electrons. The van der Waals surface area contributed by atoms with E-state index in [9.17, 15) is 13.2 Å². The van der Waals surface area contributed by atoms with Crippen LogP contribution in [0, 0.1) is 0 Å². The summed E-state index contributed by atoms with van der Waals surface area (Å²) >= 11 is 0. The van der Waals surface area contributed by atoms with Crippen molar-refractivity contribution >= 4 is 21.1 Å². The maximum atomic E-state index is 11.8. The third kappa shape index (κ3) is 2.38. The van der Waals surface area contributed by atoms with Gasteiger partial charge in [0.05, 0.1) is 15.9 Å². The lowest BCUT2D eigenvalue weighted by atomic mass is 10.3. The van der Waals surface area contributed by atoms with Crippen LogP contribution in [0.2, 0.25) is 0 Å². The van der Waals surface area contributed by atoms with Crippen molar-refractivity contribution in [1.82, 2.24) is 14.7 Å². The van der Waals surface area contributed by atoms with E-state index in [0.717, 1.165) is 0 Å². The highest BCUT2D eigenvalue weighted by molar-refractivity contribution is 7.89. The highest BCUT2D eigenvalue weighted by atomic mass is 32.2. The third-order valence-electron chi connectivity index (χ3n) is 2.23. The first-order valence-corrected chi connectivity index (χ1v) is 6.43. The fraction of sp³-hybridized carbons (Fsp3) is 0.222. The minimum Gasteiger partial charge on any atom is -0.329 e. The average molecular weight is 256 g/mol. The number of nitrogens with one attached hydrogen (secondary N) is 3. The highest BCUT2D eigenvalue weighted by Gasteiger charge is 2.13. The van der Waals surface area contributed by atoms with Crippen molar-refractivity contribution in [3.05, 3.63) is 28.7 Å². The molecule has 0 aliphatic carbocycles. The lowest BCUT2D eigenvalue weighted by Gasteiger charge is -2.04. The lowest BCUT2D eigenvalue weighted by Crippen LogP contribution is -2.29. The van der Waals surface area contributed by atoms with Crippen molar-refractivity contribution < 1.29 is 8.42 Å². The smallest absolute Gasteiger partial charge is 0.323 e. The first kappa shape index (κ1) is 11.8. The van der Waals surface area contributed by atoms with Gasteiger partial charge in [-0.05, 0) is 18.2 Å². The molecule has 0 saturated heterocycles. The van der Waals surface area contributed by atoms with Crippen molar-refractivity contribution in [3.63, 3.8) is 0 Å². The van der Waals surface area contributed by atoms with Gasteiger partial charge in [0.2, 0.25) is 10.0 Å². The minimum absolute atomic E-state index is 0.0914. The summed E-state index contributed by atoms with van der Waals surface area (Å²) in [6.07, 6.45) is 0.